The summed E-state index contributed by atoms with van der Waals surface area (Å²) in [5.74, 6) is 0.454. The van der Waals surface area contributed by atoms with Crippen LogP contribution in [0.5, 0.6) is 28.7 Å². The van der Waals surface area contributed by atoms with Crippen LogP contribution < -0.4 is 18.9 Å². The Bertz CT molecular complexity index is 1100. The molecule has 0 aromatic heterocycles. The zero-order valence-corrected chi connectivity index (χ0v) is 22.3. The molecule has 40 heavy (non-hydrogen) atoms. The van der Waals surface area contributed by atoms with Crippen LogP contribution in [-0.4, -0.2) is 114 Å². The van der Waals surface area contributed by atoms with E-state index < -0.39 is 56.1 Å². The minimum absolute atomic E-state index is 0.0757. The molecule has 0 radical (unpaired) electrons. The number of aliphatic hydroxyl groups is 6. The second-order valence-corrected chi connectivity index (χ2v) is 8.86. The van der Waals surface area contributed by atoms with E-state index in [9.17, 15) is 30.6 Å². The third kappa shape index (κ3) is 6.95. The fraction of sp³-hybridized carbons (Fsp3) is 0.481. The van der Waals surface area contributed by atoms with E-state index >= 15 is 0 Å². The van der Waals surface area contributed by atoms with E-state index in [2.05, 4.69) is 0 Å². The van der Waals surface area contributed by atoms with Crippen molar-refractivity contribution in [2.24, 2.45) is 0 Å². The Labute approximate surface area is 231 Å². The van der Waals surface area contributed by atoms with Gasteiger partial charge in [0, 0.05) is 0 Å². The van der Waals surface area contributed by atoms with Crippen molar-refractivity contribution in [3.8, 4) is 28.7 Å². The van der Waals surface area contributed by atoms with Crippen molar-refractivity contribution in [2.75, 3.05) is 41.2 Å². The first kappa shape index (κ1) is 31.4. The summed E-state index contributed by atoms with van der Waals surface area (Å²) in [5.41, 5.74) is 0.944. The van der Waals surface area contributed by atoms with Crippen LogP contribution >= 0.6 is 0 Å². The van der Waals surface area contributed by atoms with Gasteiger partial charge in [-0.2, -0.15) is 0 Å². The lowest BCUT2D eigenvalue weighted by atomic mass is 9.98. The van der Waals surface area contributed by atoms with Crippen molar-refractivity contribution < 1.29 is 64.2 Å². The molecule has 2 aromatic rings. The monoisotopic (exact) mass is 568 g/mol. The molecule has 0 unspecified atom stereocenters. The number of ether oxygens (including phenoxy) is 6. The lowest BCUT2D eigenvalue weighted by molar-refractivity contribution is -0.318. The van der Waals surface area contributed by atoms with E-state index in [-0.39, 0.29) is 35.4 Å². The van der Waals surface area contributed by atoms with Gasteiger partial charge in [-0.25, -0.2) is 0 Å². The van der Waals surface area contributed by atoms with Crippen LogP contribution in [0.3, 0.4) is 0 Å². The molecule has 222 valence electrons. The fourth-order valence-electron chi connectivity index (χ4n) is 4.22. The summed E-state index contributed by atoms with van der Waals surface area (Å²) in [5, 5.41) is 70.3. The summed E-state index contributed by atoms with van der Waals surface area (Å²) in [4.78, 5) is 0. The molecule has 0 saturated carbocycles. The number of phenols is 1. The first-order chi connectivity index (χ1) is 19.2. The Morgan fingerprint density at radius 3 is 2.08 bits per heavy atom. The quantitative estimate of drug-likeness (QED) is 0.167. The molecule has 0 bridgehead atoms. The molecule has 0 aliphatic carbocycles. The van der Waals surface area contributed by atoms with Gasteiger partial charge in [0.25, 0.3) is 0 Å². The first-order valence-electron chi connectivity index (χ1n) is 12.4. The third-order valence-electron chi connectivity index (χ3n) is 6.35. The summed E-state index contributed by atoms with van der Waals surface area (Å²) in [6.07, 6.45) is -7.19. The molecule has 7 N–H and O–H groups in total. The van der Waals surface area contributed by atoms with Crippen molar-refractivity contribution in [2.45, 2.75) is 42.9 Å². The largest absolute Gasteiger partial charge is 0.504 e. The number of phenolic OH excluding ortho intramolecular Hbond substituents is 1. The highest BCUT2D eigenvalue weighted by Gasteiger charge is 2.46. The Kier molecular flexibility index (Phi) is 11.4. The minimum atomic E-state index is -1.74. The molecule has 1 fully saturated rings. The van der Waals surface area contributed by atoms with E-state index in [1.807, 2.05) is 0 Å². The maximum Gasteiger partial charge on any atom is 0.204 e. The number of aliphatic hydroxyl groups excluding tert-OH is 6. The number of rotatable bonds is 13. The zero-order chi connectivity index (χ0) is 29.4. The number of aromatic hydroxyl groups is 1. The molecule has 13 nitrogen and oxygen atoms in total. The molecule has 1 aliphatic rings. The third-order valence-corrected chi connectivity index (χ3v) is 6.35. The molecule has 2 aromatic carbocycles. The summed E-state index contributed by atoms with van der Waals surface area (Å²) >= 11 is 0. The van der Waals surface area contributed by atoms with Crippen LogP contribution in [0, 0.1) is 0 Å². The van der Waals surface area contributed by atoms with Gasteiger partial charge in [-0.3, -0.25) is 0 Å². The molecule has 7 atom stereocenters. The van der Waals surface area contributed by atoms with Gasteiger partial charge in [0.15, 0.2) is 35.4 Å². The van der Waals surface area contributed by atoms with Crippen LogP contribution in [0.1, 0.15) is 17.2 Å². The van der Waals surface area contributed by atoms with Gasteiger partial charge in [0.1, 0.15) is 30.5 Å². The SMILES string of the molecule is COc1cc([C@@H](O[C@@H]2O[C@H](CO)[C@@H](O)[C@H](O)[C@H]2O)[C@H](CO)Oc2c(OC)cc(C=CCO)cc2OC)ccc1O. The number of hydrogen-bond acceptors (Lipinski definition) is 13. The smallest absolute Gasteiger partial charge is 0.204 e. The highest BCUT2D eigenvalue weighted by atomic mass is 16.7. The predicted molar refractivity (Wildman–Crippen MR) is 139 cm³/mol. The zero-order valence-electron chi connectivity index (χ0n) is 22.3. The molecule has 1 aliphatic heterocycles. The van der Waals surface area contributed by atoms with Crippen LogP contribution in [0.2, 0.25) is 0 Å². The van der Waals surface area contributed by atoms with Crippen LogP contribution in [0.4, 0.5) is 0 Å². The second kappa shape index (κ2) is 14.5. The molecular weight excluding hydrogens is 532 g/mol. The lowest BCUT2D eigenvalue weighted by Crippen LogP contribution is -2.59. The number of methoxy groups -OCH3 is 3. The van der Waals surface area contributed by atoms with E-state index in [0.717, 1.165) is 0 Å². The van der Waals surface area contributed by atoms with Crippen LogP contribution in [0.25, 0.3) is 6.08 Å². The van der Waals surface area contributed by atoms with Gasteiger partial charge in [-0.1, -0.05) is 18.2 Å². The Balaban J connectivity index is 2.06. The highest BCUT2D eigenvalue weighted by molar-refractivity contribution is 5.62. The molecule has 3 rings (SSSR count). The van der Waals surface area contributed by atoms with E-state index in [1.54, 1.807) is 18.2 Å². The van der Waals surface area contributed by atoms with E-state index in [4.69, 9.17) is 33.5 Å². The van der Waals surface area contributed by atoms with Crippen LogP contribution in [-0.2, 0) is 9.47 Å². The summed E-state index contributed by atoms with van der Waals surface area (Å²) in [6, 6.07) is 7.46. The predicted octanol–water partition coefficient (Wildman–Crippen LogP) is -0.279. The van der Waals surface area contributed by atoms with Crippen molar-refractivity contribution in [1.82, 2.24) is 0 Å². The summed E-state index contributed by atoms with van der Waals surface area (Å²) in [6.45, 7) is -1.50. The molecule has 1 heterocycles. The van der Waals surface area contributed by atoms with Gasteiger partial charge in [0.05, 0.1) is 41.2 Å². The van der Waals surface area contributed by atoms with E-state index in [0.29, 0.717) is 11.1 Å². The normalized spacial score (nSPS) is 24.5. The maximum absolute atomic E-state index is 10.6. The molecular formula is C27H36O13. The molecule has 0 spiro atoms. The lowest BCUT2D eigenvalue weighted by Gasteiger charge is -2.41. The van der Waals surface area contributed by atoms with Crippen molar-refractivity contribution in [1.29, 1.82) is 0 Å². The van der Waals surface area contributed by atoms with Gasteiger partial charge in [-0.05, 0) is 35.4 Å². The van der Waals surface area contributed by atoms with Crippen LogP contribution in [0.15, 0.2) is 36.4 Å². The molecule has 1 saturated heterocycles. The highest BCUT2D eigenvalue weighted by Crippen LogP contribution is 2.42. The molecule has 13 heteroatoms. The minimum Gasteiger partial charge on any atom is -0.504 e. The summed E-state index contributed by atoms with van der Waals surface area (Å²) in [7, 11) is 4.15. The molecule has 0 amide bonds. The Morgan fingerprint density at radius 2 is 1.52 bits per heavy atom. The first-order valence-corrected chi connectivity index (χ1v) is 12.4. The summed E-state index contributed by atoms with van der Waals surface area (Å²) < 4.78 is 33.9. The maximum atomic E-state index is 10.6. The average Bonchev–Trinajstić information content (AvgIpc) is 2.97. The van der Waals surface area contributed by atoms with Gasteiger partial charge < -0.3 is 64.2 Å². The Hall–Kier alpha value is -3.14. The second-order valence-electron chi connectivity index (χ2n) is 8.86. The standard InChI is InChI=1S/C27H36O13/c1-35-17-11-15(6-7-16(17)31)25(40-27-24(34)23(33)22(32)20(12-29)39-27)21(13-30)38-26-18(36-2)9-14(5-4-8-28)10-19(26)37-3/h4-7,9-11,20-25,27-34H,8,12-13H2,1-3H3/t20-,21+,22-,23+,24-,25-,27+/m1/s1. The number of hydrogen-bond donors (Lipinski definition) is 7. The Morgan fingerprint density at radius 1 is 0.875 bits per heavy atom. The van der Waals surface area contributed by atoms with Gasteiger partial charge >= 0.3 is 0 Å². The average molecular weight is 569 g/mol. The van der Waals surface area contributed by atoms with Crippen molar-refractivity contribution >= 4 is 6.08 Å². The number of benzene rings is 2. The van der Waals surface area contributed by atoms with Crippen molar-refractivity contribution in [3.63, 3.8) is 0 Å². The fourth-order valence-corrected chi connectivity index (χ4v) is 4.22. The van der Waals surface area contributed by atoms with Crippen molar-refractivity contribution in [3.05, 3.63) is 47.5 Å². The van der Waals surface area contributed by atoms with Gasteiger partial charge in [-0.15, -0.1) is 0 Å². The van der Waals surface area contributed by atoms with E-state index in [1.165, 1.54) is 45.6 Å². The topological polar surface area (TPSA) is 197 Å². The van der Waals surface area contributed by atoms with Gasteiger partial charge in [0.2, 0.25) is 5.75 Å².